The minimum absolute atomic E-state index is 0.810. The van der Waals surface area contributed by atoms with Gasteiger partial charge in [0.1, 0.15) is 0 Å². The fourth-order valence-electron chi connectivity index (χ4n) is 7.23. The number of hydrogen-bond acceptors (Lipinski definition) is 3. The van der Waals surface area contributed by atoms with Crippen LogP contribution < -0.4 is 0 Å². The first-order valence-corrected chi connectivity index (χ1v) is 17.2. The monoisotopic (exact) mass is 650 g/mol. The Morgan fingerprint density at radius 2 is 0.863 bits per heavy atom. The van der Waals surface area contributed by atoms with Crippen molar-refractivity contribution in [3.63, 3.8) is 0 Å². The van der Waals surface area contributed by atoms with Gasteiger partial charge in [-0.1, -0.05) is 133 Å². The number of pyridine rings is 1. The van der Waals surface area contributed by atoms with Crippen molar-refractivity contribution in [1.29, 1.82) is 0 Å². The van der Waals surface area contributed by atoms with E-state index in [-0.39, 0.29) is 0 Å². The molecule has 0 aliphatic heterocycles. The molecule has 0 unspecified atom stereocenters. The van der Waals surface area contributed by atoms with Gasteiger partial charge in [-0.3, -0.25) is 9.38 Å². The summed E-state index contributed by atoms with van der Waals surface area (Å²) in [7, 11) is 0. The minimum Gasteiger partial charge on any atom is -0.296 e. The van der Waals surface area contributed by atoms with Gasteiger partial charge in [0.15, 0.2) is 5.65 Å². The lowest BCUT2D eigenvalue weighted by Gasteiger charge is -2.12. The van der Waals surface area contributed by atoms with E-state index in [4.69, 9.17) is 9.97 Å². The first-order chi connectivity index (χ1) is 25.2. The van der Waals surface area contributed by atoms with E-state index < -0.39 is 0 Å². The number of hydrogen-bond donors (Lipinski definition) is 0. The molecule has 0 saturated carbocycles. The van der Waals surface area contributed by atoms with E-state index >= 15 is 0 Å². The molecular weight excluding hydrogens is 621 g/mol. The summed E-state index contributed by atoms with van der Waals surface area (Å²) >= 11 is 0. The molecule has 10 rings (SSSR count). The molecule has 0 N–H and O–H groups in total. The Kier molecular flexibility index (Phi) is 6.78. The summed E-state index contributed by atoms with van der Waals surface area (Å²) in [6, 6.07) is 58.4. The van der Waals surface area contributed by atoms with Crippen LogP contribution in [0.2, 0.25) is 0 Å². The summed E-state index contributed by atoms with van der Waals surface area (Å²) in [4.78, 5) is 14.7. The highest BCUT2D eigenvalue weighted by Gasteiger charge is 2.17. The van der Waals surface area contributed by atoms with Crippen LogP contribution in [0.5, 0.6) is 0 Å². The van der Waals surface area contributed by atoms with Crippen molar-refractivity contribution < 1.29 is 0 Å². The fourth-order valence-corrected chi connectivity index (χ4v) is 7.23. The smallest absolute Gasteiger partial charge is 0.156 e. The molecule has 10 aromatic rings. The van der Waals surface area contributed by atoms with Crippen LogP contribution in [-0.2, 0) is 0 Å². The third-order valence-electron chi connectivity index (χ3n) is 9.86. The van der Waals surface area contributed by atoms with Gasteiger partial charge in [-0.05, 0) is 73.8 Å². The second-order valence-corrected chi connectivity index (χ2v) is 13.0. The number of nitrogens with zero attached hydrogens (tertiary/aromatic N) is 4. The summed E-state index contributed by atoms with van der Waals surface area (Å²) in [5.41, 5.74) is 11.2. The SMILES string of the molecule is c1ccc2cc(-c3cc(-c4ccc(-c5c(-c6ccc7ccccc7c6)nc6cnccn56)cc4)nc(-c4ccc5ccccc5c4)c3)ccc2c1. The van der Waals surface area contributed by atoms with Crippen LogP contribution in [0.3, 0.4) is 0 Å². The van der Waals surface area contributed by atoms with E-state index in [9.17, 15) is 0 Å². The molecule has 4 nitrogen and oxygen atoms in total. The Hall–Kier alpha value is -6.91. The summed E-state index contributed by atoms with van der Waals surface area (Å²) in [5, 5.41) is 7.26. The van der Waals surface area contributed by atoms with E-state index in [1.165, 1.54) is 32.3 Å². The zero-order valence-electron chi connectivity index (χ0n) is 27.6. The Labute approximate surface area is 295 Å². The van der Waals surface area contributed by atoms with Crippen molar-refractivity contribution in [2.75, 3.05) is 0 Å². The second kappa shape index (κ2) is 11.9. The molecule has 0 spiro atoms. The number of imidazole rings is 1. The first kappa shape index (κ1) is 29.0. The second-order valence-electron chi connectivity index (χ2n) is 13.0. The third kappa shape index (κ3) is 5.22. The van der Waals surface area contributed by atoms with Gasteiger partial charge in [0.25, 0.3) is 0 Å². The summed E-state index contributed by atoms with van der Waals surface area (Å²) < 4.78 is 2.13. The lowest BCUT2D eigenvalue weighted by molar-refractivity contribution is 1.13. The number of aromatic nitrogens is 4. The lowest BCUT2D eigenvalue weighted by Crippen LogP contribution is -1.93. The molecule has 0 saturated heterocycles. The third-order valence-corrected chi connectivity index (χ3v) is 9.86. The maximum absolute atomic E-state index is 5.28. The molecule has 0 radical (unpaired) electrons. The maximum Gasteiger partial charge on any atom is 0.156 e. The molecule has 7 aromatic carbocycles. The van der Waals surface area contributed by atoms with Crippen LogP contribution in [0.25, 0.3) is 94.1 Å². The number of benzene rings is 7. The van der Waals surface area contributed by atoms with Gasteiger partial charge in [-0.2, -0.15) is 0 Å². The lowest BCUT2D eigenvalue weighted by atomic mass is 9.96. The Balaban J connectivity index is 1.11. The Bertz CT molecular complexity index is 2820. The molecule has 0 amide bonds. The van der Waals surface area contributed by atoms with Crippen LogP contribution in [0.15, 0.2) is 182 Å². The van der Waals surface area contributed by atoms with Gasteiger partial charge in [-0.15, -0.1) is 0 Å². The predicted molar refractivity (Wildman–Crippen MR) is 210 cm³/mol. The average Bonchev–Trinajstić information content (AvgIpc) is 3.60. The average molecular weight is 651 g/mol. The van der Waals surface area contributed by atoms with Crippen molar-refractivity contribution in [2.24, 2.45) is 0 Å². The van der Waals surface area contributed by atoms with Gasteiger partial charge >= 0.3 is 0 Å². The van der Waals surface area contributed by atoms with Crippen LogP contribution >= 0.6 is 0 Å². The van der Waals surface area contributed by atoms with Crippen molar-refractivity contribution in [2.45, 2.75) is 0 Å². The highest BCUT2D eigenvalue weighted by atomic mass is 15.0. The van der Waals surface area contributed by atoms with E-state index in [1.807, 2.05) is 18.6 Å². The van der Waals surface area contributed by atoms with E-state index in [1.54, 1.807) is 0 Å². The Morgan fingerprint density at radius 3 is 1.51 bits per heavy atom. The standard InChI is InChI=1S/C47H30N4/c1-4-10-36-25-39(20-13-31(36)7-1)42-28-43(49-44(29-42)40-21-14-32-8-2-5-11-37(32)26-40)34-16-18-35(19-17-34)47-46(50-45-30-48-23-24-51(45)47)41-22-15-33-9-3-6-12-38(33)27-41/h1-30H. The van der Waals surface area contributed by atoms with Crippen molar-refractivity contribution >= 4 is 38.0 Å². The van der Waals surface area contributed by atoms with E-state index in [0.29, 0.717) is 0 Å². The molecule has 51 heavy (non-hydrogen) atoms. The van der Waals surface area contributed by atoms with Crippen LogP contribution in [0.1, 0.15) is 0 Å². The summed E-state index contributed by atoms with van der Waals surface area (Å²) in [6.07, 6.45) is 5.62. The van der Waals surface area contributed by atoms with Crippen molar-refractivity contribution in [3.8, 4) is 56.2 Å². The zero-order valence-corrected chi connectivity index (χ0v) is 27.6. The van der Waals surface area contributed by atoms with Gasteiger partial charge in [0.05, 0.1) is 29.0 Å². The summed E-state index contributed by atoms with van der Waals surface area (Å²) in [5.74, 6) is 0. The molecule has 0 fully saturated rings. The minimum atomic E-state index is 0.810. The van der Waals surface area contributed by atoms with E-state index in [0.717, 1.165) is 61.8 Å². The number of fused-ring (bicyclic) bond motifs is 4. The van der Waals surface area contributed by atoms with Crippen molar-refractivity contribution in [1.82, 2.24) is 19.4 Å². The van der Waals surface area contributed by atoms with Crippen LogP contribution in [0, 0.1) is 0 Å². The molecule has 0 aliphatic rings. The summed E-state index contributed by atoms with van der Waals surface area (Å²) in [6.45, 7) is 0. The molecule has 4 heteroatoms. The topological polar surface area (TPSA) is 43.1 Å². The first-order valence-electron chi connectivity index (χ1n) is 17.2. The Morgan fingerprint density at radius 1 is 0.373 bits per heavy atom. The van der Waals surface area contributed by atoms with Gasteiger partial charge in [-0.25, -0.2) is 9.97 Å². The predicted octanol–water partition coefficient (Wildman–Crippen LogP) is 11.9. The fraction of sp³-hybridized carbons (Fsp3) is 0. The molecule has 3 aromatic heterocycles. The van der Waals surface area contributed by atoms with Gasteiger partial charge in [0, 0.05) is 34.6 Å². The maximum atomic E-state index is 5.28. The highest BCUT2D eigenvalue weighted by molar-refractivity contribution is 5.92. The number of rotatable bonds is 5. The molecule has 3 heterocycles. The van der Waals surface area contributed by atoms with Crippen LogP contribution in [0.4, 0.5) is 0 Å². The van der Waals surface area contributed by atoms with Crippen molar-refractivity contribution in [3.05, 3.63) is 182 Å². The molecule has 0 bridgehead atoms. The zero-order chi connectivity index (χ0) is 33.7. The normalized spacial score (nSPS) is 11.5. The largest absolute Gasteiger partial charge is 0.296 e. The molecule has 238 valence electrons. The van der Waals surface area contributed by atoms with Crippen LogP contribution in [-0.4, -0.2) is 19.4 Å². The highest BCUT2D eigenvalue weighted by Crippen LogP contribution is 2.37. The van der Waals surface area contributed by atoms with Gasteiger partial charge < -0.3 is 0 Å². The quantitative estimate of drug-likeness (QED) is 0.186. The van der Waals surface area contributed by atoms with E-state index in [2.05, 4.69) is 173 Å². The molecular formula is C47H30N4. The van der Waals surface area contributed by atoms with Gasteiger partial charge in [0.2, 0.25) is 0 Å². The molecule has 0 atom stereocenters. The molecule has 0 aliphatic carbocycles.